The van der Waals surface area contributed by atoms with E-state index >= 15 is 0 Å². The Morgan fingerprint density at radius 1 is 1.26 bits per heavy atom. The molecule has 23 heavy (non-hydrogen) atoms. The van der Waals surface area contributed by atoms with Crippen LogP contribution in [0.15, 0.2) is 24.7 Å². The molecule has 0 saturated heterocycles. The molecule has 120 valence electrons. The maximum absolute atomic E-state index is 12.3. The summed E-state index contributed by atoms with van der Waals surface area (Å²) in [4.78, 5) is 24.8. The van der Waals surface area contributed by atoms with Crippen molar-refractivity contribution in [3.05, 3.63) is 41.5 Å². The van der Waals surface area contributed by atoms with Gasteiger partial charge in [0.15, 0.2) is 0 Å². The van der Waals surface area contributed by atoms with Crippen LogP contribution in [0, 0.1) is 0 Å². The van der Waals surface area contributed by atoms with Gasteiger partial charge in [0.25, 0.3) is 5.91 Å². The number of fused-ring (bicyclic) bond motifs is 1. The van der Waals surface area contributed by atoms with Crippen LogP contribution in [0.4, 0.5) is 5.95 Å². The van der Waals surface area contributed by atoms with Gasteiger partial charge in [0.05, 0.1) is 12.8 Å². The van der Waals surface area contributed by atoms with Gasteiger partial charge in [-0.25, -0.2) is 15.0 Å². The third-order valence-corrected chi connectivity index (χ3v) is 3.78. The summed E-state index contributed by atoms with van der Waals surface area (Å²) in [6.07, 6.45) is 10.2. The molecule has 1 aliphatic rings. The molecule has 0 saturated carbocycles. The quantitative estimate of drug-likeness (QED) is 0.918. The minimum absolute atomic E-state index is 0.297. The smallest absolute Gasteiger partial charge is 0.276 e. The second kappa shape index (κ2) is 7.17. The molecular formula is C17H20N4O2. The first-order valence-electron chi connectivity index (χ1n) is 8.00. The topological polar surface area (TPSA) is 77.0 Å². The highest BCUT2D eigenvalue weighted by Crippen LogP contribution is 2.24. The molecule has 3 heterocycles. The molecule has 3 rings (SSSR count). The number of aryl methyl sites for hydroxylation is 2. The van der Waals surface area contributed by atoms with E-state index in [2.05, 4.69) is 27.2 Å². The molecule has 0 radical (unpaired) electrons. The van der Waals surface area contributed by atoms with Gasteiger partial charge in [0.1, 0.15) is 11.4 Å². The van der Waals surface area contributed by atoms with Crippen molar-refractivity contribution in [2.24, 2.45) is 0 Å². The fourth-order valence-corrected chi connectivity index (χ4v) is 2.47. The van der Waals surface area contributed by atoms with Gasteiger partial charge in [-0.2, -0.15) is 0 Å². The number of carbonyl (C=O) groups is 1. The molecule has 1 aliphatic heterocycles. The summed E-state index contributed by atoms with van der Waals surface area (Å²) in [7, 11) is 0. The number of unbranched alkanes of at least 4 members (excludes halogenated alkanes) is 1. The molecule has 1 amide bonds. The number of rotatable bonds is 5. The van der Waals surface area contributed by atoms with Crippen molar-refractivity contribution >= 4 is 11.9 Å². The number of hydrogen-bond acceptors (Lipinski definition) is 5. The monoisotopic (exact) mass is 312 g/mol. The molecular weight excluding hydrogens is 292 g/mol. The van der Waals surface area contributed by atoms with Gasteiger partial charge in [-0.1, -0.05) is 13.3 Å². The second-order valence-electron chi connectivity index (χ2n) is 5.60. The van der Waals surface area contributed by atoms with Crippen molar-refractivity contribution in [3.8, 4) is 5.75 Å². The zero-order valence-electron chi connectivity index (χ0n) is 13.2. The zero-order chi connectivity index (χ0) is 16.1. The lowest BCUT2D eigenvalue weighted by molar-refractivity contribution is 0.102. The number of ether oxygens (including phenoxy) is 1. The molecule has 0 bridgehead atoms. The summed E-state index contributed by atoms with van der Waals surface area (Å²) in [5.41, 5.74) is 2.45. The van der Waals surface area contributed by atoms with E-state index in [4.69, 9.17) is 4.74 Å². The average molecular weight is 312 g/mol. The van der Waals surface area contributed by atoms with Crippen molar-refractivity contribution in [2.75, 3.05) is 11.9 Å². The largest absolute Gasteiger partial charge is 0.492 e. The van der Waals surface area contributed by atoms with E-state index in [1.165, 1.54) is 0 Å². The molecule has 0 aromatic carbocycles. The number of pyridine rings is 1. The van der Waals surface area contributed by atoms with Crippen LogP contribution in [-0.2, 0) is 12.8 Å². The Labute approximate surface area is 135 Å². The molecule has 0 atom stereocenters. The molecule has 6 heteroatoms. The van der Waals surface area contributed by atoms with Crippen LogP contribution in [0.1, 0.15) is 47.8 Å². The standard InChI is InChI=1S/C17H20N4O2/c1-2-3-5-12-9-19-17(20-10-12)21-16(22)14-8-13-6-4-7-23-15(13)11-18-14/h8-11H,2-7H2,1H3,(H,19,20,21,22). The normalized spacial score (nSPS) is 13.1. The molecule has 2 aromatic heterocycles. The predicted octanol–water partition coefficient (Wildman–Crippen LogP) is 2.79. The highest BCUT2D eigenvalue weighted by molar-refractivity contribution is 6.02. The maximum atomic E-state index is 12.3. The van der Waals surface area contributed by atoms with Gasteiger partial charge >= 0.3 is 0 Å². The molecule has 2 aromatic rings. The molecule has 6 nitrogen and oxygen atoms in total. The Bertz CT molecular complexity index is 685. The van der Waals surface area contributed by atoms with E-state index in [1.807, 2.05) is 0 Å². The van der Waals surface area contributed by atoms with Gasteiger partial charge in [-0.3, -0.25) is 10.1 Å². The first-order valence-corrected chi connectivity index (χ1v) is 8.00. The van der Waals surface area contributed by atoms with E-state index in [0.29, 0.717) is 18.2 Å². The Morgan fingerprint density at radius 2 is 2.09 bits per heavy atom. The Kier molecular flexibility index (Phi) is 4.80. The Balaban J connectivity index is 1.66. The van der Waals surface area contributed by atoms with Crippen LogP contribution in [-0.4, -0.2) is 27.5 Å². The van der Waals surface area contributed by atoms with Gasteiger partial charge in [-0.05, 0) is 42.9 Å². The lowest BCUT2D eigenvalue weighted by atomic mass is 10.1. The number of nitrogens with zero attached hydrogens (tertiary/aromatic N) is 3. The maximum Gasteiger partial charge on any atom is 0.276 e. The van der Waals surface area contributed by atoms with E-state index in [1.54, 1.807) is 24.7 Å². The summed E-state index contributed by atoms with van der Waals surface area (Å²) < 4.78 is 5.50. The number of anilines is 1. The minimum atomic E-state index is -0.306. The van der Waals surface area contributed by atoms with Crippen molar-refractivity contribution < 1.29 is 9.53 Å². The number of nitrogens with one attached hydrogen (secondary N) is 1. The number of aromatic nitrogens is 3. The number of amides is 1. The van der Waals surface area contributed by atoms with E-state index in [0.717, 1.165) is 49.0 Å². The van der Waals surface area contributed by atoms with Gasteiger partial charge < -0.3 is 4.74 Å². The number of hydrogen-bond donors (Lipinski definition) is 1. The van der Waals surface area contributed by atoms with E-state index in [-0.39, 0.29) is 5.91 Å². The van der Waals surface area contributed by atoms with Crippen molar-refractivity contribution in [3.63, 3.8) is 0 Å². The van der Waals surface area contributed by atoms with Crippen LogP contribution in [0.5, 0.6) is 5.75 Å². The summed E-state index contributed by atoms with van der Waals surface area (Å²) in [6.45, 7) is 2.85. The van der Waals surface area contributed by atoms with Gasteiger partial charge in [0.2, 0.25) is 5.95 Å². The Hall–Kier alpha value is -2.50. The summed E-state index contributed by atoms with van der Waals surface area (Å²) >= 11 is 0. The molecule has 1 N–H and O–H groups in total. The van der Waals surface area contributed by atoms with Crippen LogP contribution >= 0.6 is 0 Å². The molecule has 0 spiro atoms. The third kappa shape index (κ3) is 3.83. The molecule has 0 fully saturated rings. The van der Waals surface area contributed by atoms with Crippen LogP contribution in [0.2, 0.25) is 0 Å². The zero-order valence-corrected chi connectivity index (χ0v) is 13.2. The lowest BCUT2D eigenvalue weighted by Crippen LogP contribution is -2.17. The summed E-state index contributed by atoms with van der Waals surface area (Å²) in [6, 6.07) is 1.78. The molecule has 0 aliphatic carbocycles. The van der Waals surface area contributed by atoms with Crippen molar-refractivity contribution in [2.45, 2.75) is 39.0 Å². The average Bonchev–Trinajstić information content (AvgIpc) is 2.60. The first-order chi connectivity index (χ1) is 11.3. The van der Waals surface area contributed by atoms with Crippen LogP contribution in [0.3, 0.4) is 0 Å². The molecule has 0 unspecified atom stereocenters. The summed E-state index contributed by atoms with van der Waals surface area (Å²) in [5.74, 6) is 0.759. The highest BCUT2D eigenvalue weighted by atomic mass is 16.5. The van der Waals surface area contributed by atoms with Crippen molar-refractivity contribution in [1.29, 1.82) is 0 Å². The highest BCUT2D eigenvalue weighted by Gasteiger charge is 2.15. The first kappa shape index (κ1) is 15.4. The van der Waals surface area contributed by atoms with E-state index < -0.39 is 0 Å². The van der Waals surface area contributed by atoms with Crippen LogP contribution in [0.25, 0.3) is 0 Å². The minimum Gasteiger partial charge on any atom is -0.492 e. The summed E-state index contributed by atoms with van der Waals surface area (Å²) in [5, 5.41) is 2.68. The SMILES string of the molecule is CCCCc1cnc(NC(=O)c2cc3c(cn2)OCCC3)nc1. The van der Waals surface area contributed by atoms with Crippen LogP contribution < -0.4 is 10.1 Å². The lowest BCUT2D eigenvalue weighted by Gasteiger charge is -2.16. The van der Waals surface area contributed by atoms with Crippen molar-refractivity contribution in [1.82, 2.24) is 15.0 Å². The van der Waals surface area contributed by atoms with Gasteiger partial charge in [-0.15, -0.1) is 0 Å². The predicted molar refractivity (Wildman–Crippen MR) is 86.7 cm³/mol. The second-order valence-corrected chi connectivity index (χ2v) is 5.60. The third-order valence-electron chi connectivity index (χ3n) is 3.78. The van der Waals surface area contributed by atoms with Gasteiger partial charge in [0, 0.05) is 12.4 Å². The number of carbonyl (C=O) groups excluding carboxylic acids is 1. The Morgan fingerprint density at radius 3 is 2.87 bits per heavy atom. The fourth-order valence-electron chi connectivity index (χ4n) is 2.47. The fraction of sp³-hybridized carbons (Fsp3) is 0.412. The van der Waals surface area contributed by atoms with E-state index in [9.17, 15) is 4.79 Å².